The molecule has 4 saturated heterocycles. The molecule has 0 radical (unpaired) electrons. The van der Waals surface area contributed by atoms with Crippen molar-refractivity contribution in [2.45, 2.75) is 18.9 Å². The van der Waals surface area contributed by atoms with Gasteiger partial charge in [0, 0.05) is 41.8 Å². The van der Waals surface area contributed by atoms with E-state index in [1.807, 2.05) is 24.3 Å². The number of rotatable bonds is 4. The number of fused-ring (bicyclic) bond motifs is 5. The number of morpholine rings is 1. The summed E-state index contributed by atoms with van der Waals surface area (Å²) in [5, 5.41) is 5.34. The highest BCUT2D eigenvalue weighted by atomic mass is 35.5. The summed E-state index contributed by atoms with van der Waals surface area (Å²) in [5.41, 5.74) is 4.81. The van der Waals surface area contributed by atoms with E-state index in [9.17, 15) is 4.79 Å². The number of nitrogens with one attached hydrogen (secondary N) is 3. The number of aromatic amines is 2. The molecule has 36 heavy (non-hydrogen) atoms. The molecule has 0 unspecified atom stereocenters. The van der Waals surface area contributed by atoms with Gasteiger partial charge in [-0.3, -0.25) is 4.79 Å². The minimum absolute atomic E-state index is 0.166. The predicted molar refractivity (Wildman–Crippen MR) is 144 cm³/mol. The van der Waals surface area contributed by atoms with Gasteiger partial charge in [-0.05, 0) is 68.2 Å². The van der Waals surface area contributed by atoms with E-state index in [0.29, 0.717) is 22.3 Å². The third-order valence-electron chi connectivity index (χ3n) is 8.04. The van der Waals surface area contributed by atoms with Gasteiger partial charge in [0.05, 0.1) is 35.5 Å². The van der Waals surface area contributed by atoms with Gasteiger partial charge in [-0.25, -0.2) is 4.98 Å². The second kappa shape index (κ2) is 8.80. The zero-order valence-corrected chi connectivity index (χ0v) is 20.8. The SMILES string of the molecule is O=c1[nH]c2ccc(Cl)cc2c(N[C@@H]2CN3CCC2CC3)c1-c1nc2cc(N3CCOCC3)ccc2[nH]1. The summed E-state index contributed by atoms with van der Waals surface area (Å²) in [6, 6.07) is 12.1. The minimum Gasteiger partial charge on any atom is -0.379 e. The van der Waals surface area contributed by atoms with Crippen molar-refractivity contribution in [3.63, 3.8) is 0 Å². The van der Waals surface area contributed by atoms with Gasteiger partial charge in [-0.1, -0.05) is 11.6 Å². The van der Waals surface area contributed by atoms with Gasteiger partial charge in [0.25, 0.3) is 5.56 Å². The molecule has 6 heterocycles. The van der Waals surface area contributed by atoms with Crippen molar-refractivity contribution in [3.8, 4) is 11.4 Å². The number of anilines is 2. The van der Waals surface area contributed by atoms with Gasteiger partial charge in [0.1, 0.15) is 11.4 Å². The van der Waals surface area contributed by atoms with Gasteiger partial charge >= 0.3 is 0 Å². The molecule has 8 rings (SSSR count). The number of halogens is 1. The number of pyridine rings is 1. The summed E-state index contributed by atoms with van der Waals surface area (Å²) in [4.78, 5) is 29.7. The highest BCUT2D eigenvalue weighted by molar-refractivity contribution is 6.31. The summed E-state index contributed by atoms with van der Waals surface area (Å²) in [6.45, 7) is 6.49. The van der Waals surface area contributed by atoms with Crippen LogP contribution in [0.5, 0.6) is 0 Å². The molecule has 3 N–H and O–H groups in total. The Bertz CT molecular complexity index is 1500. The van der Waals surface area contributed by atoms with E-state index in [0.717, 1.165) is 79.2 Å². The van der Waals surface area contributed by atoms with Crippen LogP contribution >= 0.6 is 11.6 Å². The molecule has 4 aromatic rings. The molecular formula is C27H29ClN6O2. The highest BCUT2D eigenvalue weighted by Crippen LogP contribution is 2.36. The van der Waals surface area contributed by atoms with E-state index in [2.05, 4.69) is 37.2 Å². The van der Waals surface area contributed by atoms with Gasteiger partial charge in [-0.2, -0.15) is 0 Å². The maximum atomic E-state index is 13.5. The van der Waals surface area contributed by atoms with Gasteiger partial charge in [-0.15, -0.1) is 0 Å². The second-order valence-corrected chi connectivity index (χ2v) is 10.6. The Morgan fingerprint density at radius 2 is 1.81 bits per heavy atom. The molecule has 9 heteroatoms. The van der Waals surface area contributed by atoms with Gasteiger partial charge in [0.15, 0.2) is 0 Å². The van der Waals surface area contributed by atoms with Crippen LogP contribution < -0.4 is 15.8 Å². The fraction of sp³-hybridized carbons (Fsp3) is 0.407. The number of H-pyrrole nitrogens is 2. The first-order valence-corrected chi connectivity index (χ1v) is 13.2. The molecule has 0 aliphatic carbocycles. The average molecular weight is 505 g/mol. The molecular weight excluding hydrogens is 476 g/mol. The largest absolute Gasteiger partial charge is 0.379 e. The van der Waals surface area contributed by atoms with Crippen molar-refractivity contribution in [1.82, 2.24) is 19.9 Å². The molecule has 2 bridgehead atoms. The Balaban J connectivity index is 1.35. The number of benzene rings is 2. The quantitative estimate of drug-likeness (QED) is 0.388. The second-order valence-electron chi connectivity index (χ2n) is 10.2. The van der Waals surface area contributed by atoms with Crippen molar-refractivity contribution >= 4 is 44.9 Å². The molecule has 4 fully saturated rings. The number of nitrogens with zero attached hydrogens (tertiary/aromatic N) is 3. The van der Waals surface area contributed by atoms with Crippen molar-refractivity contribution in [2.75, 3.05) is 56.2 Å². The van der Waals surface area contributed by atoms with Gasteiger partial charge in [0.2, 0.25) is 0 Å². The van der Waals surface area contributed by atoms with Crippen LogP contribution in [0.15, 0.2) is 41.2 Å². The third kappa shape index (κ3) is 3.84. The van der Waals surface area contributed by atoms with Crippen molar-refractivity contribution < 1.29 is 4.74 Å². The zero-order valence-electron chi connectivity index (χ0n) is 20.0. The number of hydrogen-bond donors (Lipinski definition) is 3. The van der Waals surface area contributed by atoms with Crippen LogP contribution in [0, 0.1) is 5.92 Å². The summed E-state index contributed by atoms with van der Waals surface area (Å²) >= 11 is 6.43. The number of ether oxygens (including phenoxy) is 1. The average Bonchev–Trinajstić information content (AvgIpc) is 3.33. The van der Waals surface area contributed by atoms with Gasteiger partial charge < -0.3 is 29.8 Å². The Kier molecular flexibility index (Phi) is 5.41. The molecule has 4 aliphatic heterocycles. The Morgan fingerprint density at radius 3 is 2.58 bits per heavy atom. The first-order chi connectivity index (χ1) is 17.6. The fourth-order valence-corrected chi connectivity index (χ4v) is 6.26. The van der Waals surface area contributed by atoms with E-state index in [4.69, 9.17) is 21.3 Å². The van der Waals surface area contributed by atoms with Crippen molar-refractivity contribution in [1.29, 1.82) is 0 Å². The minimum atomic E-state index is -0.166. The molecule has 2 aromatic carbocycles. The lowest BCUT2D eigenvalue weighted by atomic mass is 9.83. The fourth-order valence-electron chi connectivity index (χ4n) is 6.09. The van der Waals surface area contributed by atoms with E-state index in [1.165, 1.54) is 12.8 Å². The van der Waals surface area contributed by atoms with E-state index < -0.39 is 0 Å². The molecule has 0 spiro atoms. The Labute approximate surface area is 213 Å². The maximum absolute atomic E-state index is 13.5. The number of piperidine rings is 3. The van der Waals surface area contributed by atoms with E-state index >= 15 is 0 Å². The number of hydrogen-bond acceptors (Lipinski definition) is 6. The van der Waals surface area contributed by atoms with Crippen LogP contribution in [0.3, 0.4) is 0 Å². The Hall–Kier alpha value is -3.07. The monoisotopic (exact) mass is 504 g/mol. The van der Waals surface area contributed by atoms with E-state index in [1.54, 1.807) is 0 Å². The van der Waals surface area contributed by atoms with E-state index in [-0.39, 0.29) is 11.6 Å². The molecule has 8 nitrogen and oxygen atoms in total. The van der Waals surface area contributed by atoms with Crippen molar-refractivity contribution in [3.05, 3.63) is 51.8 Å². The van der Waals surface area contributed by atoms with Crippen LogP contribution in [-0.2, 0) is 4.74 Å². The zero-order chi connectivity index (χ0) is 24.2. The predicted octanol–water partition coefficient (Wildman–Crippen LogP) is 4.07. The summed E-state index contributed by atoms with van der Waals surface area (Å²) in [7, 11) is 0. The molecule has 1 atom stereocenters. The Morgan fingerprint density at radius 1 is 1.00 bits per heavy atom. The molecule has 0 saturated carbocycles. The molecule has 0 amide bonds. The number of imidazole rings is 1. The first-order valence-electron chi connectivity index (χ1n) is 12.8. The lowest BCUT2D eigenvalue weighted by Crippen LogP contribution is -2.53. The smallest absolute Gasteiger partial charge is 0.261 e. The third-order valence-corrected chi connectivity index (χ3v) is 8.28. The lowest BCUT2D eigenvalue weighted by molar-refractivity contribution is 0.0976. The van der Waals surface area contributed by atoms with Crippen molar-refractivity contribution in [2.24, 2.45) is 5.92 Å². The number of aromatic nitrogens is 3. The van der Waals surface area contributed by atoms with Crippen LogP contribution in [0.2, 0.25) is 5.02 Å². The summed E-state index contributed by atoms with van der Waals surface area (Å²) in [5.74, 6) is 1.17. The lowest BCUT2D eigenvalue weighted by Gasteiger charge is -2.45. The molecule has 4 aliphatic rings. The summed E-state index contributed by atoms with van der Waals surface area (Å²) < 4.78 is 5.50. The topological polar surface area (TPSA) is 89.3 Å². The van der Waals surface area contributed by atoms with Crippen LogP contribution in [0.1, 0.15) is 12.8 Å². The summed E-state index contributed by atoms with van der Waals surface area (Å²) in [6.07, 6.45) is 2.37. The first kappa shape index (κ1) is 22.2. The van der Waals surface area contributed by atoms with Crippen LogP contribution in [0.25, 0.3) is 33.3 Å². The maximum Gasteiger partial charge on any atom is 0.261 e. The molecule has 186 valence electrons. The molecule has 2 aromatic heterocycles. The van der Waals surface area contributed by atoms with Crippen LogP contribution in [0.4, 0.5) is 11.4 Å². The van der Waals surface area contributed by atoms with Crippen LogP contribution in [-0.4, -0.2) is 71.8 Å². The standard InChI is InChI=1S/C27H29ClN6O2/c28-17-1-3-20-19(13-17)25(29-23-15-33-7-5-16(23)6-8-33)24(27(35)32-20)26-30-21-4-2-18(14-22(21)31-26)34-9-11-36-12-10-34/h1-4,13-14,16,23H,5-12,15H2,(H,30,31)(H2,29,32,35)/t23-/m1/s1. The normalized spacial score (nSPS) is 24.0. The highest BCUT2D eigenvalue weighted by Gasteiger charge is 2.35.